The maximum Gasteiger partial charge on any atom is 0.309 e. The number of carbonyl (C=O) groups is 1. The van der Waals surface area contributed by atoms with Crippen LogP contribution in [-0.4, -0.2) is 26.1 Å². The van der Waals surface area contributed by atoms with Crippen LogP contribution in [0.3, 0.4) is 0 Å². The molecular formula is C13H14N4O2S. The highest BCUT2D eigenvalue weighted by Gasteiger charge is 2.24. The van der Waals surface area contributed by atoms with Crippen LogP contribution in [0, 0.1) is 11.3 Å². The van der Waals surface area contributed by atoms with Gasteiger partial charge in [0.1, 0.15) is 11.1 Å². The topological polar surface area (TPSA) is 91.8 Å². The summed E-state index contributed by atoms with van der Waals surface area (Å²) < 4.78 is 1.44. The minimum absolute atomic E-state index is 0.159. The highest BCUT2D eigenvalue weighted by atomic mass is 32.1. The second-order valence-corrected chi connectivity index (χ2v) is 6.26. The number of aromatic nitrogens is 3. The molecule has 2 heterocycles. The van der Waals surface area contributed by atoms with Gasteiger partial charge in [0.05, 0.1) is 23.9 Å². The van der Waals surface area contributed by atoms with E-state index in [2.05, 4.69) is 16.4 Å². The van der Waals surface area contributed by atoms with Crippen LogP contribution in [-0.2, 0) is 16.6 Å². The zero-order chi connectivity index (χ0) is 14.9. The number of nitriles is 1. The Morgan fingerprint density at radius 1 is 1.55 bits per heavy atom. The molecular weight excluding hydrogens is 276 g/mol. The number of rotatable bonds is 3. The van der Waals surface area contributed by atoms with Crippen molar-refractivity contribution >= 4 is 17.3 Å². The first-order chi connectivity index (χ1) is 9.34. The molecule has 7 heteroatoms. The lowest BCUT2D eigenvalue weighted by Gasteiger charge is -2.17. The number of hydrogen-bond acceptors (Lipinski definition) is 5. The molecule has 0 unspecified atom stereocenters. The maximum atomic E-state index is 10.8. The first kappa shape index (κ1) is 14.2. The number of nitrogens with zero attached hydrogens (tertiary/aromatic N) is 4. The molecule has 0 saturated carbocycles. The minimum Gasteiger partial charge on any atom is -0.481 e. The van der Waals surface area contributed by atoms with Gasteiger partial charge in [0.15, 0.2) is 0 Å². The Morgan fingerprint density at radius 3 is 2.80 bits per heavy atom. The molecule has 0 aliphatic carbocycles. The van der Waals surface area contributed by atoms with Crippen molar-refractivity contribution in [3.8, 4) is 11.1 Å². The van der Waals surface area contributed by atoms with Crippen molar-refractivity contribution < 1.29 is 9.90 Å². The van der Waals surface area contributed by atoms with Gasteiger partial charge in [0.25, 0.3) is 0 Å². The molecule has 0 amide bonds. The van der Waals surface area contributed by atoms with Crippen molar-refractivity contribution in [2.24, 2.45) is 0 Å². The van der Waals surface area contributed by atoms with Gasteiger partial charge in [-0.25, -0.2) is 4.68 Å². The fourth-order valence-corrected chi connectivity index (χ4v) is 3.09. The Labute approximate surface area is 120 Å². The summed E-state index contributed by atoms with van der Waals surface area (Å²) in [5.41, 5.74) is 1.75. The number of aliphatic carboxylic acids is 1. The van der Waals surface area contributed by atoms with Crippen LogP contribution in [0.5, 0.6) is 0 Å². The van der Waals surface area contributed by atoms with Crippen LogP contribution >= 0.6 is 11.3 Å². The minimum atomic E-state index is -0.959. The summed E-state index contributed by atoms with van der Waals surface area (Å²) in [5, 5.41) is 28.5. The third-order valence-electron chi connectivity index (χ3n) is 2.84. The Hall–Kier alpha value is -2.20. The van der Waals surface area contributed by atoms with Gasteiger partial charge < -0.3 is 5.11 Å². The Balaban J connectivity index is 2.55. The largest absolute Gasteiger partial charge is 0.481 e. The number of thiophene rings is 1. The lowest BCUT2D eigenvalue weighted by atomic mass is 9.86. The van der Waals surface area contributed by atoms with Crippen molar-refractivity contribution in [1.82, 2.24) is 15.0 Å². The van der Waals surface area contributed by atoms with Crippen LogP contribution in [0.15, 0.2) is 11.6 Å². The van der Waals surface area contributed by atoms with Crippen LogP contribution in [0.4, 0.5) is 0 Å². The van der Waals surface area contributed by atoms with Gasteiger partial charge in [0, 0.05) is 0 Å². The fourth-order valence-electron chi connectivity index (χ4n) is 1.87. The number of carboxylic acids is 1. The van der Waals surface area contributed by atoms with Crippen molar-refractivity contribution in [2.45, 2.75) is 32.6 Å². The third-order valence-corrected chi connectivity index (χ3v) is 3.79. The van der Waals surface area contributed by atoms with E-state index in [9.17, 15) is 10.1 Å². The van der Waals surface area contributed by atoms with E-state index < -0.39 is 5.97 Å². The van der Waals surface area contributed by atoms with E-state index in [4.69, 9.17) is 5.11 Å². The lowest BCUT2D eigenvalue weighted by Crippen LogP contribution is -2.13. The molecule has 0 saturated heterocycles. The van der Waals surface area contributed by atoms with Gasteiger partial charge in [-0.2, -0.15) is 5.26 Å². The van der Waals surface area contributed by atoms with Gasteiger partial charge in [-0.15, -0.1) is 16.4 Å². The van der Waals surface area contributed by atoms with Gasteiger partial charge in [-0.1, -0.05) is 26.0 Å². The summed E-state index contributed by atoms with van der Waals surface area (Å²) in [6, 6.07) is 2.19. The molecule has 104 valence electrons. The van der Waals surface area contributed by atoms with E-state index in [0.717, 1.165) is 5.56 Å². The molecule has 20 heavy (non-hydrogen) atoms. The summed E-state index contributed by atoms with van der Waals surface area (Å²) >= 11 is 1.37. The van der Waals surface area contributed by atoms with Crippen LogP contribution in [0.1, 0.15) is 37.6 Å². The maximum absolute atomic E-state index is 10.8. The van der Waals surface area contributed by atoms with Crippen LogP contribution in [0.25, 0.3) is 5.00 Å². The molecule has 6 nitrogen and oxygen atoms in total. The predicted octanol–water partition coefficient (Wildman–Crippen LogP) is 2.13. The zero-order valence-corrected chi connectivity index (χ0v) is 12.2. The number of carboxylic acid groups (broad SMARTS) is 1. The van der Waals surface area contributed by atoms with Gasteiger partial charge >= 0.3 is 5.97 Å². The summed E-state index contributed by atoms with van der Waals surface area (Å²) in [7, 11) is 0. The highest BCUT2D eigenvalue weighted by Crippen LogP contribution is 2.34. The molecule has 0 atom stereocenters. The van der Waals surface area contributed by atoms with Crippen molar-refractivity contribution in [2.75, 3.05) is 0 Å². The fraction of sp³-hybridized carbons (Fsp3) is 0.385. The molecule has 1 N–H and O–H groups in total. The Morgan fingerprint density at radius 2 is 2.25 bits per heavy atom. The van der Waals surface area contributed by atoms with Crippen LogP contribution < -0.4 is 0 Å². The lowest BCUT2D eigenvalue weighted by molar-refractivity contribution is -0.136. The van der Waals surface area contributed by atoms with Gasteiger partial charge in [-0.05, 0) is 16.4 Å². The third kappa shape index (κ3) is 2.56. The molecule has 0 aliphatic heterocycles. The second-order valence-electron chi connectivity index (χ2n) is 5.40. The molecule has 0 aliphatic rings. The highest BCUT2D eigenvalue weighted by molar-refractivity contribution is 7.13. The molecule has 0 spiro atoms. The van der Waals surface area contributed by atoms with Crippen LogP contribution in [0.2, 0.25) is 0 Å². The molecule has 0 aromatic carbocycles. The van der Waals surface area contributed by atoms with E-state index in [1.165, 1.54) is 22.2 Å². The molecule has 2 rings (SSSR count). The molecule has 2 aromatic heterocycles. The van der Waals surface area contributed by atoms with E-state index in [-0.39, 0.29) is 11.8 Å². The quantitative estimate of drug-likeness (QED) is 0.934. The number of hydrogen-bond donors (Lipinski definition) is 1. The SMILES string of the molecule is CC(C)(C)c1csc(-n2nncc2CC(=O)O)c1C#N. The van der Waals surface area contributed by atoms with Crippen molar-refractivity contribution in [3.05, 3.63) is 28.4 Å². The monoisotopic (exact) mass is 290 g/mol. The van der Waals surface area contributed by atoms with Gasteiger partial charge in [-0.3, -0.25) is 4.79 Å². The zero-order valence-electron chi connectivity index (χ0n) is 11.4. The summed E-state index contributed by atoms with van der Waals surface area (Å²) in [4.78, 5) is 10.8. The smallest absolute Gasteiger partial charge is 0.309 e. The summed E-state index contributed by atoms with van der Waals surface area (Å²) in [5.74, 6) is -0.959. The Kier molecular flexibility index (Phi) is 3.59. The molecule has 0 bridgehead atoms. The summed E-state index contributed by atoms with van der Waals surface area (Å²) in [6.45, 7) is 6.08. The predicted molar refractivity (Wildman–Crippen MR) is 74.0 cm³/mol. The van der Waals surface area contributed by atoms with Crippen molar-refractivity contribution in [1.29, 1.82) is 5.26 Å². The second kappa shape index (κ2) is 5.06. The van der Waals surface area contributed by atoms with E-state index >= 15 is 0 Å². The van der Waals surface area contributed by atoms with E-state index in [1.807, 2.05) is 26.2 Å². The molecule has 0 fully saturated rings. The first-order valence-electron chi connectivity index (χ1n) is 5.98. The molecule has 0 radical (unpaired) electrons. The van der Waals surface area contributed by atoms with Gasteiger partial charge in [0.2, 0.25) is 0 Å². The Bertz CT molecular complexity index is 688. The average molecular weight is 290 g/mol. The standard InChI is InChI=1S/C13H14N4O2S/c1-13(2,3)10-7-20-12(9(10)5-14)17-8(4-11(18)19)6-15-16-17/h6-7H,4H2,1-3H3,(H,18,19). The van der Waals surface area contributed by atoms with E-state index in [0.29, 0.717) is 16.3 Å². The van der Waals surface area contributed by atoms with E-state index in [1.54, 1.807) is 0 Å². The molecule has 2 aromatic rings. The summed E-state index contributed by atoms with van der Waals surface area (Å²) in [6.07, 6.45) is 1.23. The average Bonchev–Trinajstić information content (AvgIpc) is 2.91. The first-order valence-corrected chi connectivity index (χ1v) is 6.86. The van der Waals surface area contributed by atoms with Crippen molar-refractivity contribution in [3.63, 3.8) is 0 Å². The normalized spacial score (nSPS) is 11.3.